The van der Waals surface area contributed by atoms with Gasteiger partial charge < -0.3 is 16.6 Å². The monoisotopic (exact) mass is 188 g/mol. The zero-order valence-corrected chi connectivity index (χ0v) is 7.70. The van der Waals surface area contributed by atoms with Crippen LogP contribution in [-0.4, -0.2) is 5.11 Å². The van der Waals surface area contributed by atoms with E-state index in [0.29, 0.717) is 11.3 Å². The van der Waals surface area contributed by atoms with Crippen LogP contribution in [0.1, 0.15) is 5.56 Å². The summed E-state index contributed by atoms with van der Waals surface area (Å²) in [7, 11) is 0. The first kappa shape index (κ1) is 8.84. The van der Waals surface area contributed by atoms with E-state index < -0.39 is 0 Å². The van der Waals surface area contributed by atoms with Crippen LogP contribution in [0, 0.1) is 0 Å². The van der Waals surface area contributed by atoms with Crippen LogP contribution in [0.4, 0.5) is 5.69 Å². The molecule has 2 aromatic carbocycles. The highest BCUT2D eigenvalue weighted by Gasteiger charge is 2.08. The molecule has 0 spiro atoms. The van der Waals surface area contributed by atoms with Gasteiger partial charge in [-0.2, -0.15) is 0 Å². The Balaban J connectivity index is 2.89. The third-order valence-electron chi connectivity index (χ3n) is 2.36. The van der Waals surface area contributed by atoms with E-state index in [1.54, 1.807) is 6.07 Å². The van der Waals surface area contributed by atoms with Gasteiger partial charge in [-0.3, -0.25) is 0 Å². The molecule has 0 radical (unpaired) electrons. The van der Waals surface area contributed by atoms with Crippen molar-refractivity contribution in [3.05, 3.63) is 35.9 Å². The van der Waals surface area contributed by atoms with Gasteiger partial charge in [-0.1, -0.05) is 24.3 Å². The SMILES string of the molecule is NCc1c(O)c(N)cc2ccccc12. The van der Waals surface area contributed by atoms with E-state index in [1.165, 1.54) is 0 Å². The van der Waals surface area contributed by atoms with Crippen molar-refractivity contribution >= 4 is 16.5 Å². The maximum absolute atomic E-state index is 9.69. The van der Waals surface area contributed by atoms with E-state index in [4.69, 9.17) is 11.5 Å². The minimum absolute atomic E-state index is 0.103. The lowest BCUT2D eigenvalue weighted by Crippen LogP contribution is -2.00. The number of phenolic OH excluding ortho intramolecular Hbond substituents is 1. The minimum atomic E-state index is 0.103. The Morgan fingerprint density at radius 2 is 1.93 bits per heavy atom. The summed E-state index contributed by atoms with van der Waals surface area (Å²) in [6.07, 6.45) is 0. The van der Waals surface area contributed by atoms with Crippen molar-refractivity contribution in [1.29, 1.82) is 0 Å². The van der Waals surface area contributed by atoms with Crippen molar-refractivity contribution in [3.63, 3.8) is 0 Å². The second-order valence-corrected chi connectivity index (χ2v) is 3.22. The van der Waals surface area contributed by atoms with Crippen LogP contribution in [0.15, 0.2) is 30.3 Å². The summed E-state index contributed by atoms with van der Waals surface area (Å²) in [5, 5.41) is 11.7. The van der Waals surface area contributed by atoms with Crippen LogP contribution >= 0.6 is 0 Å². The maximum atomic E-state index is 9.69. The van der Waals surface area contributed by atoms with Crippen LogP contribution in [0.2, 0.25) is 0 Å². The lowest BCUT2D eigenvalue weighted by atomic mass is 10.0. The number of nitrogen functional groups attached to an aromatic ring is 1. The van der Waals surface area contributed by atoms with Gasteiger partial charge in [-0.25, -0.2) is 0 Å². The second kappa shape index (κ2) is 3.20. The van der Waals surface area contributed by atoms with Gasteiger partial charge in [0.05, 0.1) is 5.69 Å². The number of hydrogen-bond acceptors (Lipinski definition) is 3. The van der Waals surface area contributed by atoms with Gasteiger partial charge in [-0.15, -0.1) is 0 Å². The first-order valence-corrected chi connectivity index (χ1v) is 4.43. The number of nitrogens with two attached hydrogens (primary N) is 2. The number of aromatic hydroxyl groups is 1. The van der Waals surface area contributed by atoms with Crippen LogP contribution in [0.25, 0.3) is 10.8 Å². The Hall–Kier alpha value is -1.74. The molecule has 0 unspecified atom stereocenters. The number of benzene rings is 2. The van der Waals surface area contributed by atoms with Crippen LogP contribution in [-0.2, 0) is 6.54 Å². The molecule has 0 aliphatic carbocycles. The standard InChI is InChI=1S/C11H12N2O/c12-6-9-8-4-2-1-3-7(8)5-10(13)11(9)14/h1-5,14H,6,12-13H2. The Morgan fingerprint density at radius 3 is 2.64 bits per heavy atom. The smallest absolute Gasteiger partial charge is 0.143 e. The first-order valence-electron chi connectivity index (χ1n) is 4.43. The summed E-state index contributed by atoms with van der Waals surface area (Å²) in [5.74, 6) is 0.103. The molecule has 0 bridgehead atoms. The molecular weight excluding hydrogens is 176 g/mol. The Bertz CT molecular complexity index is 480. The van der Waals surface area contributed by atoms with Crippen LogP contribution < -0.4 is 11.5 Å². The largest absolute Gasteiger partial charge is 0.505 e. The average Bonchev–Trinajstić information content (AvgIpc) is 2.20. The minimum Gasteiger partial charge on any atom is -0.505 e. The molecule has 0 aliphatic heterocycles. The molecule has 2 rings (SSSR count). The molecule has 0 heterocycles. The molecular formula is C11H12N2O. The fraction of sp³-hybridized carbons (Fsp3) is 0.0909. The maximum Gasteiger partial charge on any atom is 0.143 e. The Morgan fingerprint density at radius 1 is 1.21 bits per heavy atom. The van der Waals surface area contributed by atoms with E-state index in [-0.39, 0.29) is 12.3 Å². The molecule has 0 fully saturated rings. The van der Waals surface area contributed by atoms with E-state index in [2.05, 4.69) is 0 Å². The van der Waals surface area contributed by atoms with Gasteiger partial charge in [0, 0.05) is 12.1 Å². The second-order valence-electron chi connectivity index (χ2n) is 3.22. The number of hydrogen-bond donors (Lipinski definition) is 3. The average molecular weight is 188 g/mol. The summed E-state index contributed by atoms with van der Waals surface area (Å²) in [4.78, 5) is 0. The van der Waals surface area contributed by atoms with Gasteiger partial charge in [0.25, 0.3) is 0 Å². The molecule has 0 saturated carbocycles. The molecule has 14 heavy (non-hydrogen) atoms. The highest BCUT2D eigenvalue weighted by molar-refractivity contribution is 5.91. The van der Waals surface area contributed by atoms with Gasteiger partial charge in [0.1, 0.15) is 5.75 Å². The molecule has 2 aromatic rings. The summed E-state index contributed by atoms with van der Waals surface area (Å²) >= 11 is 0. The number of anilines is 1. The summed E-state index contributed by atoms with van der Waals surface area (Å²) in [6, 6.07) is 9.47. The normalized spacial score (nSPS) is 10.6. The van der Waals surface area contributed by atoms with Crippen LogP contribution in [0.5, 0.6) is 5.75 Å². The van der Waals surface area contributed by atoms with Gasteiger partial charge >= 0.3 is 0 Å². The molecule has 3 heteroatoms. The van der Waals surface area contributed by atoms with E-state index in [1.807, 2.05) is 24.3 Å². The molecule has 0 aromatic heterocycles. The summed E-state index contributed by atoms with van der Waals surface area (Å²) in [5.41, 5.74) is 12.3. The van der Waals surface area contributed by atoms with Crippen molar-refractivity contribution in [2.24, 2.45) is 5.73 Å². The molecule has 0 atom stereocenters. The molecule has 5 N–H and O–H groups in total. The Labute approximate surface area is 82.0 Å². The summed E-state index contributed by atoms with van der Waals surface area (Å²) < 4.78 is 0. The molecule has 0 amide bonds. The number of phenols is 1. The van der Waals surface area contributed by atoms with Crippen LogP contribution in [0.3, 0.4) is 0 Å². The number of fused-ring (bicyclic) bond motifs is 1. The Kier molecular flexibility index (Phi) is 2.02. The topological polar surface area (TPSA) is 72.3 Å². The zero-order chi connectivity index (χ0) is 10.1. The van der Waals surface area contributed by atoms with Crippen molar-refractivity contribution < 1.29 is 5.11 Å². The van der Waals surface area contributed by atoms with Gasteiger partial charge in [0.2, 0.25) is 0 Å². The van der Waals surface area contributed by atoms with E-state index in [0.717, 1.165) is 10.8 Å². The lowest BCUT2D eigenvalue weighted by molar-refractivity contribution is 0.472. The molecule has 72 valence electrons. The quantitative estimate of drug-likeness (QED) is 0.470. The van der Waals surface area contributed by atoms with Gasteiger partial charge in [-0.05, 0) is 16.8 Å². The summed E-state index contributed by atoms with van der Waals surface area (Å²) in [6.45, 7) is 0.289. The molecule has 0 saturated heterocycles. The highest BCUT2D eigenvalue weighted by atomic mass is 16.3. The van der Waals surface area contributed by atoms with E-state index >= 15 is 0 Å². The highest BCUT2D eigenvalue weighted by Crippen LogP contribution is 2.32. The first-order chi connectivity index (χ1) is 6.74. The predicted molar refractivity (Wildman–Crippen MR) is 57.9 cm³/mol. The van der Waals surface area contributed by atoms with Crippen molar-refractivity contribution in [3.8, 4) is 5.75 Å². The van der Waals surface area contributed by atoms with Crippen molar-refractivity contribution in [2.45, 2.75) is 6.54 Å². The third-order valence-corrected chi connectivity index (χ3v) is 2.36. The van der Waals surface area contributed by atoms with Gasteiger partial charge in [0.15, 0.2) is 0 Å². The fourth-order valence-electron chi connectivity index (χ4n) is 1.64. The molecule has 3 nitrogen and oxygen atoms in total. The lowest BCUT2D eigenvalue weighted by Gasteiger charge is -2.09. The third kappa shape index (κ3) is 1.18. The van der Waals surface area contributed by atoms with E-state index in [9.17, 15) is 5.11 Å². The predicted octanol–water partition coefficient (Wildman–Crippen LogP) is 1.59. The fourth-order valence-corrected chi connectivity index (χ4v) is 1.64. The van der Waals surface area contributed by atoms with Crippen molar-refractivity contribution in [1.82, 2.24) is 0 Å². The van der Waals surface area contributed by atoms with Crippen molar-refractivity contribution in [2.75, 3.05) is 5.73 Å². The zero-order valence-electron chi connectivity index (χ0n) is 7.70. The molecule has 0 aliphatic rings. The number of rotatable bonds is 1.